The van der Waals surface area contributed by atoms with Gasteiger partial charge in [0, 0.05) is 5.56 Å². The molecule has 0 amide bonds. The summed E-state index contributed by atoms with van der Waals surface area (Å²) in [6.45, 7) is 3.62. The first-order valence-corrected chi connectivity index (χ1v) is 8.79. The summed E-state index contributed by atoms with van der Waals surface area (Å²) in [5.74, 6) is 0.208. The van der Waals surface area contributed by atoms with Crippen molar-refractivity contribution in [3.63, 3.8) is 0 Å². The summed E-state index contributed by atoms with van der Waals surface area (Å²) < 4.78 is 16.1. The van der Waals surface area contributed by atoms with E-state index in [-0.39, 0.29) is 21.5 Å². The van der Waals surface area contributed by atoms with Gasteiger partial charge in [0.05, 0.1) is 22.7 Å². The fourth-order valence-corrected chi connectivity index (χ4v) is 3.00. The van der Waals surface area contributed by atoms with E-state index >= 15 is 0 Å². The van der Waals surface area contributed by atoms with Crippen LogP contribution in [-0.4, -0.2) is 23.3 Å². The highest BCUT2D eigenvalue weighted by Gasteiger charge is 2.21. The standard InChI is InChI=1S/C19H16Cl2N2O4/c1-10-4-6-12(7-5-10)18-23-22-17(27-18)11(2)26-19(24)13-8-14(20)16(25-3)15(21)9-13/h4-9,11H,1-3H3/t11-/m1/s1. The second kappa shape index (κ2) is 7.98. The summed E-state index contributed by atoms with van der Waals surface area (Å²) in [6, 6.07) is 10.5. The van der Waals surface area contributed by atoms with Crippen molar-refractivity contribution < 1.29 is 18.7 Å². The van der Waals surface area contributed by atoms with Gasteiger partial charge in [0.15, 0.2) is 11.9 Å². The van der Waals surface area contributed by atoms with E-state index in [9.17, 15) is 4.79 Å². The minimum absolute atomic E-state index is 0.185. The van der Waals surface area contributed by atoms with Crippen LogP contribution in [0, 0.1) is 6.92 Å². The number of rotatable bonds is 5. The van der Waals surface area contributed by atoms with Crippen LogP contribution in [0.1, 0.15) is 34.8 Å². The molecule has 1 heterocycles. The molecule has 0 saturated carbocycles. The topological polar surface area (TPSA) is 74.5 Å². The summed E-state index contributed by atoms with van der Waals surface area (Å²) >= 11 is 12.1. The normalized spacial score (nSPS) is 11.9. The third-order valence-electron chi connectivity index (χ3n) is 3.81. The molecule has 0 N–H and O–H groups in total. The molecule has 3 aromatic rings. The van der Waals surface area contributed by atoms with Crippen LogP contribution in [-0.2, 0) is 4.74 Å². The molecule has 0 aliphatic carbocycles. The van der Waals surface area contributed by atoms with Crippen LogP contribution in [0.3, 0.4) is 0 Å². The average Bonchev–Trinajstić information content (AvgIpc) is 3.12. The first-order chi connectivity index (χ1) is 12.9. The highest BCUT2D eigenvalue weighted by molar-refractivity contribution is 6.37. The van der Waals surface area contributed by atoms with Crippen LogP contribution in [0.25, 0.3) is 11.5 Å². The van der Waals surface area contributed by atoms with E-state index in [1.807, 2.05) is 31.2 Å². The van der Waals surface area contributed by atoms with Gasteiger partial charge in [0.25, 0.3) is 5.89 Å². The lowest BCUT2D eigenvalue weighted by Gasteiger charge is -2.11. The molecule has 1 aromatic heterocycles. The number of carbonyl (C=O) groups excluding carboxylic acids is 1. The number of halogens is 2. The van der Waals surface area contributed by atoms with Crippen LogP contribution in [0.5, 0.6) is 5.75 Å². The first-order valence-electron chi connectivity index (χ1n) is 8.03. The van der Waals surface area contributed by atoms with Crippen LogP contribution < -0.4 is 4.74 Å². The monoisotopic (exact) mass is 406 g/mol. The molecule has 1 atom stereocenters. The van der Waals surface area contributed by atoms with Crippen LogP contribution in [0.4, 0.5) is 0 Å². The predicted octanol–water partition coefficient (Wildman–Crippen LogP) is 5.28. The molecule has 6 nitrogen and oxygen atoms in total. The Morgan fingerprint density at radius 3 is 2.33 bits per heavy atom. The van der Waals surface area contributed by atoms with Gasteiger partial charge in [-0.2, -0.15) is 0 Å². The molecular weight excluding hydrogens is 391 g/mol. The second-order valence-corrected chi connectivity index (χ2v) is 6.65. The van der Waals surface area contributed by atoms with Gasteiger partial charge in [-0.3, -0.25) is 0 Å². The van der Waals surface area contributed by atoms with Gasteiger partial charge < -0.3 is 13.9 Å². The molecule has 27 heavy (non-hydrogen) atoms. The number of aryl methyl sites for hydroxylation is 1. The quantitative estimate of drug-likeness (QED) is 0.536. The third-order valence-corrected chi connectivity index (χ3v) is 4.37. The first kappa shape index (κ1) is 19.2. The second-order valence-electron chi connectivity index (χ2n) is 5.83. The maximum atomic E-state index is 12.4. The highest BCUT2D eigenvalue weighted by atomic mass is 35.5. The lowest BCUT2D eigenvalue weighted by molar-refractivity contribution is 0.0280. The molecular formula is C19H16Cl2N2O4. The predicted molar refractivity (Wildman–Crippen MR) is 101 cm³/mol. The molecule has 140 valence electrons. The van der Waals surface area contributed by atoms with Gasteiger partial charge in [-0.15, -0.1) is 10.2 Å². The van der Waals surface area contributed by atoms with Crippen molar-refractivity contribution in [2.45, 2.75) is 20.0 Å². The van der Waals surface area contributed by atoms with Gasteiger partial charge in [-0.05, 0) is 38.1 Å². The van der Waals surface area contributed by atoms with Crippen molar-refractivity contribution in [3.05, 3.63) is 63.5 Å². The summed E-state index contributed by atoms with van der Waals surface area (Å²) in [5.41, 5.74) is 2.10. The molecule has 0 aliphatic heterocycles. The molecule has 0 saturated heterocycles. The SMILES string of the molecule is COc1c(Cl)cc(C(=O)O[C@H](C)c2nnc(-c3ccc(C)cc3)o2)cc1Cl. The molecule has 0 radical (unpaired) electrons. The van der Waals surface area contributed by atoms with E-state index in [1.54, 1.807) is 6.92 Å². The van der Waals surface area contributed by atoms with Gasteiger partial charge in [-0.25, -0.2) is 4.79 Å². The minimum atomic E-state index is -0.746. The number of hydrogen-bond donors (Lipinski definition) is 0. The smallest absolute Gasteiger partial charge is 0.339 e. The number of nitrogens with zero attached hydrogens (tertiary/aromatic N) is 2. The summed E-state index contributed by atoms with van der Waals surface area (Å²) in [6.07, 6.45) is -0.746. The maximum absolute atomic E-state index is 12.4. The van der Waals surface area contributed by atoms with E-state index in [1.165, 1.54) is 19.2 Å². The van der Waals surface area contributed by atoms with Gasteiger partial charge >= 0.3 is 5.97 Å². The van der Waals surface area contributed by atoms with Crippen molar-refractivity contribution in [1.29, 1.82) is 0 Å². The number of esters is 1. The zero-order valence-corrected chi connectivity index (χ0v) is 16.3. The molecule has 0 fully saturated rings. The van der Waals surface area contributed by atoms with E-state index in [0.29, 0.717) is 11.6 Å². The van der Waals surface area contributed by atoms with Gasteiger partial charge in [-0.1, -0.05) is 40.9 Å². The highest BCUT2D eigenvalue weighted by Crippen LogP contribution is 2.34. The Hall–Kier alpha value is -2.57. The molecule has 2 aromatic carbocycles. The van der Waals surface area contributed by atoms with Crippen molar-refractivity contribution in [3.8, 4) is 17.2 Å². The van der Waals surface area contributed by atoms with E-state index in [2.05, 4.69) is 10.2 Å². The number of aromatic nitrogens is 2. The zero-order valence-electron chi connectivity index (χ0n) is 14.8. The maximum Gasteiger partial charge on any atom is 0.339 e. The van der Waals surface area contributed by atoms with Crippen molar-refractivity contribution >= 4 is 29.2 Å². The molecule has 0 spiro atoms. The lowest BCUT2D eigenvalue weighted by Crippen LogP contribution is -2.10. The third kappa shape index (κ3) is 4.23. The zero-order chi connectivity index (χ0) is 19.6. The lowest BCUT2D eigenvalue weighted by atomic mass is 10.1. The van der Waals surface area contributed by atoms with Crippen LogP contribution in [0.15, 0.2) is 40.8 Å². The Kier molecular flexibility index (Phi) is 5.68. The fourth-order valence-electron chi connectivity index (χ4n) is 2.36. The Morgan fingerprint density at radius 1 is 1.11 bits per heavy atom. The average molecular weight is 407 g/mol. The van der Waals surface area contributed by atoms with Crippen LogP contribution >= 0.6 is 23.2 Å². The Morgan fingerprint density at radius 2 is 1.74 bits per heavy atom. The van der Waals surface area contributed by atoms with E-state index < -0.39 is 12.1 Å². The Bertz CT molecular complexity index is 947. The Labute approximate surface area is 166 Å². The number of hydrogen-bond acceptors (Lipinski definition) is 6. The number of methoxy groups -OCH3 is 1. The number of ether oxygens (including phenoxy) is 2. The van der Waals surface area contributed by atoms with Crippen LogP contribution in [0.2, 0.25) is 10.0 Å². The number of carbonyl (C=O) groups is 1. The Balaban J connectivity index is 1.75. The van der Waals surface area contributed by atoms with Crippen molar-refractivity contribution in [2.75, 3.05) is 7.11 Å². The summed E-state index contributed by atoms with van der Waals surface area (Å²) in [4.78, 5) is 12.4. The molecule has 0 unspecified atom stereocenters. The molecule has 0 aliphatic rings. The molecule has 3 rings (SSSR count). The van der Waals surface area contributed by atoms with Gasteiger partial charge in [0.2, 0.25) is 5.89 Å². The minimum Gasteiger partial charge on any atom is -0.494 e. The summed E-state index contributed by atoms with van der Waals surface area (Å²) in [5, 5.41) is 8.38. The van der Waals surface area contributed by atoms with Gasteiger partial charge in [0.1, 0.15) is 0 Å². The van der Waals surface area contributed by atoms with E-state index in [4.69, 9.17) is 37.1 Å². The van der Waals surface area contributed by atoms with E-state index in [0.717, 1.165) is 11.1 Å². The van der Waals surface area contributed by atoms with Crippen molar-refractivity contribution in [1.82, 2.24) is 10.2 Å². The summed E-state index contributed by atoms with van der Waals surface area (Å²) in [7, 11) is 1.44. The van der Waals surface area contributed by atoms with Crippen molar-refractivity contribution in [2.24, 2.45) is 0 Å². The largest absolute Gasteiger partial charge is 0.494 e. The number of benzene rings is 2. The molecule has 8 heteroatoms. The molecule has 0 bridgehead atoms. The fraction of sp³-hybridized carbons (Fsp3) is 0.211.